The molecule has 0 saturated carbocycles. The molecule has 0 saturated heterocycles. The molecule has 6 aromatic carbocycles. The second-order valence-electron chi connectivity index (χ2n) is 22.3. The Morgan fingerprint density at radius 3 is 1.52 bits per heavy atom. The zero-order valence-corrected chi connectivity index (χ0v) is 40.1. The van der Waals surface area contributed by atoms with E-state index in [9.17, 15) is 0 Å². The predicted octanol–water partition coefficient (Wildman–Crippen LogP) is 18.0. The molecule has 0 bridgehead atoms. The lowest BCUT2D eigenvalue weighted by atomic mass is 9.63. The molecule has 0 fully saturated rings. The number of rotatable bonds is 6. The van der Waals surface area contributed by atoms with Gasteiger partial charge in [0.25, 0.3) is 0 Å². The van der Waals surface area contributed by atoms with Crippen molar-refractivity contribution in [2.45, 2.75) is 130 Å². The molecule has 4 heteroatoms. The second kappa shape index (κ2) is 14.6. The van der Waals surface area contributed by atoms with Gasteiger partial charge in [-0.3, -0.25) is 0 Å². The highest BCUT2D eigenvalue weighted by molar-refractivity contribution is 7.17. The summed E-state index contributed by atoms with van der Waals surface area (Å²) in [5.74, 6) is 0. The van der Waals surface area contributed by atoms with E-state index in [-0.39, 0.29) is 27.1 Å². The summed E-state index contributed by atoms with van der Waals surface area (Å²) in [6.07, 6.45) is 2.38. The maximum atomic E-state index is 6.80. The van der Waals surface area contributed by atoms with Gasteiger partial charge in [0, 0.05) is 49.0 Å². The molecule has 3 nitrogen and oxygen atoms in total. The van der Waals surface area contributed by atoms with Crippen molar-refractivity contribution in [2.24, 2.45) is 0 Å². The third kappa shape index (κ3) is 7.42. The SMILES string of the molecule is CC(C)(C)c1ccc(N(c2cc(N(c3ccc(C(C)(C)C)cc3)c3cccc4c3oc3ccccc34)cc(C(C)(C)C)c2)c2csc3cc4c(cc23)C(C)(C)CCC4(C)C)cc1. The van der Waals surface area contributed by atoms with Crippen molar-refractivity contribution in [3.63, 3.8) is 0 Å². The molecular formula is C58H64N2OS. The molecule has 0 amide bonds. The van der Waals surface area contributed by atoms with E-state index in [4.69, 9.17) is 4.42 Å². The first kappa shape index (κ1) is 42.0. The zero-order valence-electron chi connectivity index (χ0n) is 39.2. The van der Waals surface area contributed by atoms with Gasteiger partial charge in [0.1, 0.15) is 5.58 Å². The number of furan rings is 1. The highest BCUT2D eigenvalue weighted by Crippen LogP contribution is 2.52. The van der Waals surface area contributed by atoms with Crippen molar-refractivity contribution in [1.82, 2.24) is 0 Å². The lowest BCUT2D eigenvalue weighted by Gasteiger charge is -2.42. The average Bonchev–Trinajstić information content (AvgIpc) is 3.81. The van der Waals surface area contributed by atoms with Gasteiger partial charge in [0.15, 0.2) is 5.58 Å². The third-order valence-corrected chi connectivity index (χ3v) is 14.6. The van der Waals surface area contributed by atoms with E-state index in [1.165, 1.54) is 56.4 Å². The van der Waals surface area contributed by atoms with Crippen LogP contribution in [-0.2, 0) is 27.1 Å². The van der Waals surface area contributed by atoms with Gasteiger partial charge in [-0.15, -0.1) is 11.3 Å². The molecule has 62 heavy (non-hydrogen) atoms. The van der Waals surface area contributed by atoms with E-state index >= 15 is 0 Å². The number of fused-ring (bicyclic) bond motifs is 5. The Balaban J connectivity index is 1.33. The Labute approximate surface area is 374 Å². The van der Waals surface area contributed by atoms with Crippen molar-refractivity contribution in [1.29, 1.82) is 0 Å². The van der Waals surface area contributed by atoms with Crippen LogP contribution in [0.25, 0.3) is 32.0 Å². The molecular weight excluding hydrogens is 773 g/mol. The minimum absolute atomic E-state index is 0.0258. The topological polar surface area (TPSA) is 19.6 Å². The van der Waals surface area contributed by atoms with E-state index < -0.39 is 0 Å². The minimum atomic E-state index is -0.148. The molecule has 1 aliphatic rings. The van der Waals surface area contributed by atoms with Crippen molar-refractivity contribution in [3.8, 4) is 0 Å². The van der Waals surface area contributed by atoms with Crippen molar-refractivity contribution < 1.29 is 4.42 Å². The van der Waals surface area contributed by atoms with Crippen LogP contribution in [0.1, 0.15) is 131 Å². The molecule has 0 radical (unpaired) electrons. The van der Waals surface area contributed by atoms with Crippen LogP contribution in [0.4, 0.5) is 34.1 Å². The molecule has 0 unspecified atom stereocenters. The van der Waals surface area contributed by atoms with Crippen molar-refractivity contribution in [3.05, 3.63) is 155 Å². The molecule has 8 aromatic rings. The van der Waals surface area contributed by atoms with Crippen LogP contribution >= 0.6 is 11.3 Å². The fourth-order valence-corrected chi connectivity index (χ4v) is 10.5. The normalized spacial score (nSPS) is 15.3. The fraction of sp³-hybridized carbons (Fsp3) is 0.345. The van der Waals surface area contributed by atoms with Gasteiger partial charge in [0.05, 0.1) is 11.4 Å². The Hall–Kier alpha value is -5.32. The number of hydrogen-bond acceptors (Lipinski definition) is 4. The van der Waals surface area contributed by atoms with Crippen LogP contribution in [0.3, 0.4) is 0 Å². The summed E-state index contributed by atoms with van der Waals surface area (Å²) >= 11 is 1.87. The number of anilines is 6. The first-order valence-corrected chi connectivity index (χ1v) is 23.4. The maximum absolute atomic E-state index is 6.80. The van der Waals surface area contributed by atoms with E-state index in [0.717, 1.165) is 50.4 Å². The molecule has 0 aliphatic heterocycles. The summed E-state index contributed by atoms with van der Waals surface area (Å²) in [7, 11) is 0. The van der Waals surface area contributed by atoms with E-state index in [1.54, 1.807) is 0 Å². The number of thiophene rings is 1. The lowest BCUT2D eigenvalue weighted by molar-refractivity contribution is 0.332. The Bertz CT molecular complexity index is 2960. The van der Waals surface area contributed by atoms with Crippen LogP contribution in [0.2, 0.25) is 0 Å². The Morgan fingerprint density at radius 2 is 0.968 bits per heavy atom. The highest BCUT2D eigenvalue weighted by Gasteiger charge is 2.38. The lowest BCUT2D eigenvalue weighted by Crippen LogP contribution is -2.33. The fourth-order valence-electron chi connectivity index (χ4n) is 9.52. The summed E-state index contributed by atoms with van der Waals surface area (Å²) in [6, 6.07) is 45.7. The first-order chi connectivity index (χ1) is 29.1. The standard InChI is InChI=1S/C58H64N2OS/c1-54(2,3)37-21-25-40(26-22-37)59(49-19-16-18-45-44-17-14-15-20-51(44)61-53(45)49)42-31-39(56(7,8)9)32-43(33-42)60(41-27-23-38(24-28-41)55(4,5)6)50-36-62-52-35-48-47(34-46(50)52)57(10,11)29-30-58(48,12)13/h14-28,31-36H,29-30H2,1-13H3. The molecule has 1 aliphatic carbocycles. The highest BCUT2D eigenvalue weighted by atomic mass is 32.1. The van der Waals surface area contributed by atoms with E-state index in [2.05, 4.69) is 227 Å². The monoisotopic (exact) mass is 836 g/mol. The number of para-hydroxylation sites is 2. The largest absolute Gasteiger partial charge is 0.454 e. The van der Waals surface area contributed by atoms with Crippen LogP contribution in [0.5, 0.6) is 0 Å². The molecule has 2 aromatic heterocycles. The van der Waals surface area contributed by atoms with Crippen LogP contribution in [0, 0.1) is 0 Å². The summed E-state index contributed by atoms with van der Waals surface area (Å²) in [6.45, 7) is 30.4. The van der Waals surface area contributed by atoms with E-state index in [1.807, 2.05) is 11.3 Å². The maximum Gasteiger partial charge on any atom is 0.159 e. The molecule has 9 rings (SSSR count). The summed E-state index contributed by atoms with van der Waals surface area (Å²) in [5.41, 5.74) is 15.5. The molecule has 0 spiro atoms. The Kier molecular flexibility index (Phi) is 9.91. The third-order valence-electron chi connectivity index (χ3n) is 13.7. The van der Waals surface area contributed by atoms with Crippen molar-refractivity contribution in [2.75, 3.05) is 9.80 Å². The number of nitrogens with zero attached hydrogens (tertiary/aromatic N) is 2. The van der Waals surface area contributed by atoms with Crippen LogP contribution in [0.15, 0.2) is 131 Å². The first-order valence-electron chi connectivity index (χ1n) is 22.5. The molecule has 0 atom stereocenters. The van der Waals surface area contributed by atoms with Crippen LogP contribution in [-0.4, -0.2) is 0 Å². The molecule has 318 valence electrons. The molecule has 0 N–H and O–H groups in total. The van der Waals surface area contributed by atoms with Crippen molar-refractivity contribution >= 4 is 77.5 Å². The van der Waals surface area contributed by atoms with Gasteiger partial charge < -0.3 is 14.2 Å². The van der Waals surface area contributed by atoms with Gasteiger partial charge in [-0.1, -0.05) is 145 Å². The van der Waals surface area contributed by atoms with Gasteiger partial charge in [0.2, 0.25) is 0 Å². The quantitative estimate of drug-likeness (QED) is 0.166. The smallest absolute Gasteiger partial charge is 0.159 e. The van der Waals surface area contributed by atoms with Gasteiger partial charge in [-0.2, -0.15) is 0 Å². The van der Waals surface area contributed by atoms with Gasteiger partial charge in [-0.25, -0.2) is 0 Å². The minimum Gasteiger partial charge on any atom is -0.454 e. The number of benzene rings is 6. The summed E-state index contributed by atoms with van der Waals surface area (Å²) < 4.78 is 8.14. The van der Waals surface area contributed by atoms with Gasteiger partial charge in [-0.05, 0) is 134 Å². The van der Waals surface area contributed by atoms with Gasteiger partial charge >= 0.3 is 0 Å². The second-order valence-corrected chi connectivity index (χ2v) is 23.2. The number of hydrogen-bond donors (Lipinski definition) is 0. The van der Waals surface area contributed by atoms with Crippen LogP contribution < -0.4 is 9.80 Å². The zero-order chi connectivity index (χ0) is 44.1. The Morgan fingerprint density at radius 1 is 0.468 bits per heavy atom. The molecule has 2 heterocycles. The average molecular weight is 837 g/mol. The summed E-state index contributed by atoms with van der Waals surface area (Å²) in [4.78, 5) is 4.95. The summed E-state index contributed by atoms with van der Waals surface area (Å²) in [5, 5.41) is 5.94. The predicted molar refractivity (Wildman–Crippen MR) is 270 cm³/mol. The van der Waals surface area contributed by atoms with E-state index in [0.29, 0.717) is 0 Å².